The largest absolute Gasteiger partial charge is 0.355 e. The van der Waals surface area contributed by atoms with Gasteiger partial charge in [0.25, 0.3) is 0 Å². The van der Waals surface area contributed by atoms with Gasteiger partial charge < -0.3 is 10.7 Å². The first-order valence-electron chi connectivity index (χ1n) is 3.44. The predicted octanol–water partition coefficient (Wildman–Crippen LogP) is -0.920. The topological polar surface area (TPSA) is 53.5 Å². The zero-order valence-corrected chi connectivity index (χ0v) is 5.50. The van der Waals surface area contributed by atoms with Gasteiger partial charge in [-0.3, -0.25) is 4.79 Å². The summed E-state index contributed by atoms with van der Waals surface area (Å²) < 4.78 is 0. The number of carbonyl (C=O) groups excluding carboxylic acids is 1. The summed E-state index contributed by atoms with van der Waals surface area (Å²) in [4.78, 5) is 11.0. The Labute approximate surface area is 58.7 Å². The second kappa shape index (κ2) is 1.97. The van der Waals surface area contributed by atoms with Gasteiger partial charge in [0.15, 0.2) is 0 Å². The lowest BCUT2D eigenvalue weighted by molar-refractivity contribution is -0.124. The lowest BCUT2D eigenvalue weighted by atomic mass is 9.95. The summed E-state index contributed by atoms with van der Waals surface area (Å²) in [6, 6.07) is 0.258. The van der Waals surface area contributed by atoms with Crippen LogP contribution in [-0.4, -0.2) is 24.7 Å². The van der Waals surface area contributed by atoms with Gasteiger partial charge >= 0.3 is 0 Å². The quantitative estimate of drug-likeness (QED) is 0.456. The summed E-state index contributed by atoms with van der Waals surface area (Å²) in [5.41, 5.74) is 2.90. The van der Waals surface area contributed by atoms with Gasteiger partial charge in [-0.15, -0.1) is 0 Å². The molecule has 0 aliphatic carbocycles. The highest BCUT2D eigenvalue weighted by molar-refractivity contribution is 5.95. The minimum atomic E-state index is -0.0197. The molecule has 54 valence electrons. The van der Waals surface area contributed by atoms with Crippen LogP contribution in [0.4, 0.5) is 0 Å². The fraction of sp³-hybridized carbons (Fsp3) is 0.667. The number of nitrogens with one attached hydrogen (secondary N) is 2. The van der Waals surface area contributed by atoms with Gasteiger partial charge in [0.2, 0.25) is 5.91 Å². The van der Waals surface area contributed by atoms with Crippen LogP contribution in [0.5, 0.6) is 0 Å². The molecular formula is C6H9N3O. The van der Waals surface area contributed by atoms with Crippen LogP contribution in [0.1, 0.15) is 6.42 Å². The van der Waals surface area contributed by atoms with Crippen molar-refractivity contribution in [3.05, 3.63) is 0 Å². The second-order valence-corrected chi connectivity index (χ2v) is 2.62. The van der Waals surface area contributed by atoms with Crippen LogP contribution in [0.3, 0.4) is 0 Å². The van der Waals surface area contributed by atoms with Crippen molar-refractivity contribution < 1.29 is 4.79 Å². The zero-order chi connectivity index (χ0) is 6.97. The smallest absolute Gasteiger partial charge is 0.230 e. The number of fused-ring (bicyclic) bond motifs is 1. The third-order valence-corrected chi connectivity index (χ3v) is 1.97. The van der Waals surface area contributed by atoms with Crippen LogP contribution >= 0.6 is 0 Å². The molecule has 1 fully saturated rings. The maximum atomic E-state index is 11.0. The van der Waals surface area contributed by atoms with E-state index in [-0.39, 0.29) is 17.9 Å². The summed E-state index contributed by atoms with van der Waals surface area (Å²) in [6.07, 6.45) is 2.66. The molecule has 2 heterocycles. The molecular weight excluding hydrogens is 130 g/mol. The number of rotatable bonds is 0. The molecule has 0 aromatic heterocycles. The predicted molar refractivity (Wildman–Crippen MR) is 36.5 cm³/mol. The summed E-state index contributed by atoms with van der Waals surface area (Å²) in [5, 5.41) is 6.63. The van der Waals surface area contributed by atoms with E-state index in [1.165, 1.54) is 0 Å². The van der Waals surface area contributed by atoms with Crippen molar-refractivity contribution in [3.63, 3.8) is 0 Å². The second-order valence-electron chi connectivity index (χ2n) is 2.62. The van der Waals surface area contributed by atoms with Crippen molar-refractivity contribution in [1.29, 1.82) is 0 Å². The minimum Gasteiger partial charge on any atom is -0.355 e. The van der Waals surface area contributed by atoms with Crippen molar-refractivity contribution in [2.45, 2.75) is 12.5 Å². The maximum absolute atomic E-state index is 11.0. The normalized spacial score (nSPS) is 36.6. The van der Waals surface area contributed by atoms with Crippen molar-refractivity contribution in [2.75, 3.05) is 6.54 Å². The van der Waals surface area contributed by atoms with Gasteiger partial charge in [-0.1, -0.05) is 0 Å². The van der Waals surface area contributed by atoms with E-state index < -0.39 is 0 Å². The molecule has 1 saturated heterocycles. The molecule has 4 heteroatoms. The molecule has 0 aromatic carbocycles. The molecule has 0 spiro atoms. The van der Waals surface area contributed by atoms with Crippen molar-refractivity contribution >= 4 is 12.1 Å². The number of nitrogens with zero attached hydrogens (tertiary/aromatic N) is 1. The van der Waals surface area contributed by atoms with Crippen LogP contribution in [0.15, 0.2) is 5.10 Å². The first-order chi connectivity index (χ1) is 4.88. The number of hydrogen-bond donors (Lipinski definition) is 2. The molecule has 10 heavy (non-hydrogen) atoms. The minimum absolute atomic E-state index is 0.0197. The van der Waals surface area contributed by atoms with Crippen molar-refractivity contribution in [2.24, 2.45) is 11.0 Å². The highest BCUT2D eigenvalue weighted by Gasteiger charge is 2.33. The first-order valence-corrected chi connectivity index (χ1v) is 3.44. The molecule has 0 aromatic rings. The molecule has 4 nitrogen and oxygen atoms in total. The van der Waals surface area contributed by atoms with Gasteiger partial charge in [-0.25, -0.2) is 0 Å². The van der Waals surface area contributed by atoms with Crippen molar-refractivity contribution in [1.82, 2.24) is 10.7 Å². The molecule has 2 aliphatic rings. The van der Waals surface area contributed by atoms with Gasteiger partial charge in [-0.05, 0) is 6.42 Å². The number of carbonyl (C=O) groups is 1. The standard InChI is InChI=1S/C6H9N3O/c10-6-4-3-8-9-5(4)1-2-7-6/h3-5,9H,1-2H2,(H,7,10). The van der Waals surface area contributed by atoms with E-state index in [9.17, 15) is 4.79 Å². The molecule has 2 N–H and O–H groups in total. The fourth-order valence-electron chi connectivity index (χ4n) is 1.37. The van der Waals surface area contributed by atoms with Gasteiger partial charge in [-0.2, -0.15) is 5.10 Å². The lowest BCUT2D eigenvalue weighted by Crippen LogP contribution is -2.47. The monoisotopic (exact) mass is 139 g/mol. The third kappa shape index (κ3) is 0.683. The molecule has 2 unspecified atom stereocenters. The van der Waals surface area contributed by atoms with E-state index in [4.69, 9.17) is 0 Å². The zero-order valence-electron chi connectivity index (χ0n) is 5.50. The fourth-order valence-corrected chi connectivity index (χ4v) is 1.37. The number of hydrogen-bond acceptors (Lipinski definition) is 3. The van der Waals surface area contributed by atoms with Crippen LogP contribution in [-0.2, 0) is 4.79 Å². The first kappa shape index (κ1) is 5.70. The van der Waals surface area contributed by atoms with Crippen LogP contribution in [0.2, 0.25) is 0 Å². The van der Waals surface area contributed by atoms with Gasteiger partial charge in [0.1, 0.15) is 0 Å². The molecule has 1 amide bonds. The Morgan fingerprint density at radius 1 is 1.70 bits per heavy atom. The number of amides is 1. The summed E-state index contributed by atoms with van der Waals surface area (Å²) in [5.74, 6) is 0.0822. The maximum Gasteiger partial charge on any atom is 0.230 e. The van der Waals surface area contributed by atoms with Crippen LogP contribution in [0.25, 0.3) is 0 Å². The van der Waals surface area contributed by atoms with E-state index in [1.54, 1.807) is 6.21 Å². The van der Waals surface area contributed by atoms with Gasteiger partial charge in [0.05, 0.1) is 12.0 Å². The molecule has 0 bridgehead atoms. The third-order valence-electron chi connectivity index (χ3n) is 1.97. The summed E-state index contributed by atoms with van der Waals surface area (Å²) in [6.45, 7) is 0.774. The summed E-state index contributed by atoms with van der Waals surface area (Å²) >= 11 is 0. The lowest BCUT2D eigenvalue weighted by Gasteiger charge is -2.22. The molecule has 2 aliphatic heterocycles. The number of piperidine rings is 1. The van der Waals surface area contributed by atoms with Crippen LogP contribution in [0, 0.1) is 5.92 Å². The Morgan fingerprint density at radius 3 is 3.40 bits per heavy atom. The highest BCUT2D eigenvalue weighted by Crippen LogP contribution is 2.13. The highest BCUT2D eigenvalue weighted by atomic mass is 16.2. The Hall–Kier alpha value is -1.06. The Bertz CT molecular complexity index is 189. The summed E-state index contributed by atoms with van der Waals surface area (Å²) in [7, 11) is 0. The molecule has 2 rings (SSSR count). The Morgan fingerprint density at radius 2 is 2.60 bits per heavy atom. The van der Waals surface area contributed by atoms with E-state index in [0.29, 0.717) is 0 Å². The average Bonchev–Trinajstić information content (AvgIpc) is 2.36. The molecule has 0 saturated carbocycles. The van der Waals surface area contributed by atoms with E-state index in [1.807, 2.05) is 0 Å². The van der Waals surface area contributed by atoms with Crippen molar-refractivity contribution in [3.8, 4) is 0 Å². The van der Waals surface area contributed by atoms with E-state index in [0.717, 1.165) is 13.0 Å². The van der Waals surface area contributed by atoms with Gasteiger partial charge in [0, 0.05) is 12.8 Å². The Balaban J connectivity index is 2.16. The van der Waals surface area contributed by atoms with Crippen LogP contribution < -0.4 is 10.7 Å². The molecule has 0 radical (unpaired) electrons. The average molecular weight is 139 g/mol. The molecule has 2 atom stereocenters. The van der Waals surface area contributed by atoms with E-state index >= 15 is 0 Å². The number of hydrazone groups is 1. The SMILES string of the molecule is O=C1NCCC2NN=CC12. The Kier molecular flexibility index (Phi) is 1.12. The van der Waals surface area contributed by atoms with E-state index in [2.05, 4.69) is 15.8 Å².